The predicted octanol–water partition coefficient (Wildman–Crippen LogP) is 3.47. The lowest BCUT2D eigenvalue weighted by Crippen LogP contribution is -2.32. The van der Waals surface area contributed by atoms with Crippen molar-refractivity contribution in [2.24, 2.45) is 5.92 Å². The van der Waals surface area contributed by atoms with Crippen LogP contribution in [0.1, 0.15) is 24.2 Å². The smallest absolute Gasteiger partial charge is 0.111 e. The van der Waals surface area contributed by atoms with Crippen molar-refractivity contribution in [3.05, 3.63) is 29.6 Å². The Balaban J connectivity index is 1.93. The summed E-state index contributed by atoms with van der Waals surface area (Å²) in [5.74, 6) is 2.54. The third-order valence-electron chi connectivity index (χ3n) is 4.64. The maximum atomic E-state index is 5.98. The van der Waals surface area contributed by atoms with Crippen molar-refractivity contribution in [1.29, 1.82) is 0 Å². The van der Waals surface area contributed by atoms with E-state index in [9.17, 15) is 0 Å². The summed E-state index contributed by atoms with van der Waals surface area (Å²) < 4.78 is 2.43. The van der Waals surface area contributed by atoms with Crippen molar-refractivity contribution in [2.45, 2.75) is 32.7 Å². The van der Waals surface area contributed by atoms with Gasteiger partial charge in [-0.25, -0.2) is 4.98 Å². The summed E-state index contributed by atoms with van der Waals surface area (Å²) in [5, 5.41) is 0. The Morgan fingerprint density at radius 1 is 1.29 bits per heavy atom. The molecule has 1 aromatic heterocycles. The van der Waals surface area contributed by atoms with Crippen molar-refractivity contribution in [1.82, 2.24) is 14.5 Å². The lowest BCUT2D eigenvalue weighted by atomic mass is 9.97. The average Bonchev–Trinajstić information content (AvgIpc) is 2.81. The highest BCUT2D eigenvalue weighted by atomic mass is 35.5. The highest BCUT2D eigenvalue weighted by Gasteiger charge is 2.20. The molecule has 1 aliphatic rings. The molecule has 0 unspecified atom stereocenters. The lowest BCUT2D eigenvalue weighted by Gasteiger charge is -2.29. The molecular formula is C17H24ClN3. The summed E-state index contributed by atoms with van der Waals surface area (Å²) in [7, 11) is 2.21. The highest BCUT2D eigenvalue weighted by Crippen LogP contribution is 2.25. The Bertz CT molecular complexity index is 612. The summed E-state index contributed by atoms with van der Waals surface area (Å²) in [6.07, 6.45) is 3.41. The monoisotopic (exact) mass is 305 g/mol. The van der Waals surface area contributed by atoms with Crippen LogP contribution >= 0.6 is 11.6 Å². The van der Waals surface area contributed by atoms with Crippen molar-refractivity contribution < 1.29 is 0 Å². The van der Waals surface area contributed by atoms with Gasteiger partial charge in [-0.1, -0.05) is 12.1 Å². The molecule has 0 aliphatic carbocycles. The molecule has 0 atom stereocenters. The van der Waals surface area contributed by atoms with Crippen molar-refractivity contribution >= 4 is 22.6 Å². The number of aromatic nitrogens is 2. The molecule has 1 aromatic carbocycles. The van der Waals surface area contributed by atoms with Gasteiger partial charge in [0.15, 0.2) is 0 Å². The molecule has 0 saturated carbocycles. The fraction of sp³-hybridized carbons (Fsp3) is 0.588. The van der Waals surface area contributed by atoms with E-state index in [2.05, 4.69) is 41.6 Å². The average molecular weight is 306 g/mol. The van der Waals surface area contributed by atoms with Crippen LogP contribution in [0.15, 0.2) is 18.2 Å². The number of likely N-dealkylation sites (tertiary alicyclic amines) is 1. The van der Waals surface area contributed by atoms with E-state index < -0.39 is 0 Å². The molecule has 2 heterocycles. The summed E-state index contributed by atoms with van der Waals surface area (Å²) in [4.78, 5) is 7.24. The first-order valence-electron chi connectivity index (χ1n) is 7.88. The summed E-state index contributed by atoms with van der Waals surface area (Å²) in [6.45, 7) is 5.68. The maximum Gasteiger partial charge on any atom is 0.111 e. The number of para-hydroxylation sites is 1. The number of hydrogen-bond acceptors (Lipinski definition) is 2. The second-order valence-corrected chi connectivity index (χ2v) is 6.64. The standard InChI is InChI=1S/C17H24ClN3/c1-13-4-3-5-15-17(13)21(16(19-15)6-9-18)12-14-7-10-20(2)11-8-14/h3-5,14H,6-12H2,1-2H3. The van der Waals surface area contributed by atoms with Crippen LogP contribution in [0.3, 0.4) is 0 Å². The van der Waals surface area contributed by atoms with Crippen LogP contribution in [0.2, 0.25) is 0 Å². The Kier molecular flexibility index (Phi) is 4.51. The number of rotatable bonds is 4. The maximum absolute atomic E-state index is 5.98. The number of halogens is 1. The van der Waals surface area contributed by atoms with E-state index in [0.717, 1.165) is 30.2 Å². The number of fused-ring (bicyclic) bond motifs is 1. The molecule has 0 amide bonds. The van der Waals surface area contributed by atoms with Crippen molar-refractivity contribution in [2.75, 3.05) is 26.0 Å². The molecule has 3 nitrogen and oxygen atoms in total. The van der Waals surface area contributed by atoms with Crippen LogP contribution < -0.4 is 0 Å². The van der Waals surface area contributed by atoms with Gasteiger partial charge in [0.25, 0.3) is 0 Å². The largest absolute Gasteiger partial charge is 0.327 e. The van der Waals surface area contributed by atoms with Crippen LogP contribution in [0.5, 0.6) is 0 Å². The van der Waals surface area contributed by atoms with Gasteiger partial charge in [-0.15, -0.1) is 11.6 Å². The number of imidazole rings is 1. The molecule has 4 heteroatoms. The van der Waals surface area contributed by atoms with Gasteiger partial charge in [0.05, 0.1) is 11.0 Å². The molecule has 0 bridgehead atoms. The van der Waals surface area contributed by atoms with Gasteiger partial charge in [0, 0.05) is 18.8 Å². The Hall–Kier alpha value is -1.06. The molecule has 0 spiro atoms. The number of nitrogens with zero attached hydrogens (tertiary/aromatic N) is 3. The van der Waals surface area contributed by atoms with Gasteiger partial charge in [-0.2, -0.15) is 0 Å². The normalized spacial score (nSPS) is 17.7. The molecule has 1 saturated heterocycles. The van der Waals surface area contributed by atoms with Crippen molar-refractivity contribution in [3.63, 3.8) is 0 Å². The second kappa shape index (κ2) is 6.37. The second-order valence-electron chi connectivity index (χ2n) is 6.27. The third-order valence-corrected chi connectivity index (χ3v) is 4.83. The zero-order valence-electron chi connectivity index (χ0n) is 13.0. The molecule has 0 N–H and O–H groups in total. The van der Waals surface area contributed by atoms with Gasteiger partial charge >= 0.3 is 0 Å². The quantitative estimate of drug-likeness (QED) is 0.807. The summed E-state index contributed by atoms with van der Waals surface area (Å²) in [6, 6.07) is 6.39. The van der Waals surface area contributed by atoms with Gasteiger partial charge in [-0.05, 0) is 57.5 Å². The first-order chi connectivity index (χ1) is 10.2. The lowest BCUT2D eigenvalue weighted by molar-refractivity contribution is 0.205. The first-order valence-corrected chi connectivity index (χ1v) is 8.41. The van der Waals surface area contributed by atoms with Crippen LogP contribution in [0.25, 0.3) is 11.0 Å². The zero-order chi connectivity index (χ0) is 14.8. The summed E-state index contributed by atoms with van der Waals surface area (Å²) >= 11 is 5.98. The fourth-order valence-electron chi connectivity index (χ4n) is 3.39. The molecule has 21 heavy (non-hydrogen) atoms. The zero-order valence-corrected chi connectivity index (χ0v) is 13.7. The molecule has 1 fully saturated rings. The van der Waals surface area contributed by atoms with Crippen LogP contribution in [-0.2, 0) is 13.0 Å². The van der Waals surface area contributed by atoms with E-state index in [-0.39, 0.29) is 0 Å². The Morgan fingerprint density at radius 2 is 2.05 bits per heavy atom. The molecular weight excluding hydrogens is 282 g/mol. The van der Waals surface area contributed by atoms with Crippen LogP contribution in [0.4, 0.5) is 0 Å². The minimum atomic E-state index is 0.635. The fourth-order valence-corrected chi connectivity index (χ4v) is 3.56. The molecule has 3 rings (SSSR count). The van der Waals surface area contributed by atoms with E-state index in [1.54, 1.807) is 0 Å². The van der Waals surface area contributed by atoms with Gasteiger partial charge in [0.2, 0.25) is 0 Å². The minimum absolute atomic E-state index is 0.635. The van der Waals surface area contributed by atoms with Crippen LogP contribution in [-0.4, -0.2) is 40.5 Å². The number of hydrogen-bond donors (Lipinski definition) is 0. The Labute approximate surface area is 131 Å². The SMILES string of the molecule is Cc1cccc2nc(CCCl)n(CC3CCN(C)CC3)c12. The van der Waals surface area contributed by atoms with Gasteiger partial charge in [-0.3, -0.25) is 0 Å². The van der Waals surface area contributed by atoms with E-state index in [1.165, 1.54) is 37.0 Å². The summed E-state index contributed by atoms with van der Waals surface area (Å²) in [5.41, 5.74) is 3.73. The first kappa shape index (κ1) is 14.9. The third kappa shape index (κ3) is 3.09. The van der Waals surface area contributed by atoms with E-state index in [1.807, 2.05) is 0 Å². The molecule has 114 valence electrons. The Morgan fingerprint density at radius 3 is 2.76 bits per heavy atom. The molecule has 2 aromatic rings. The number of alkyl halides is 1. The van der Waals surface area contributed by atoms with E-state index in [0.29, 0.717) is 5.88 Å². The number of benzene rings is 1. The highest BCUT2D eigenvalue weighted by molar-refractivity contribution is 6.17. The van der Waals surface area contributed by atoms with E-state index in [4.69, 9.17) is 16.6 Å². The minimum Gasteiger partial charge on any atom is -0.327 e. The number of aryl methyl sites for hydroxylation is 2. The van der Waals surface area contributed by atoms with E-state index >= 15 is 0 Å². The van der Waals surface area contributed by atoms with Gasteiger partial charge < -0.3 is 9.47 Å². The molecule has 0 radical (unpaired) electrons. The molecule has 1 aliphatic heterocycles. The topological polar surface area (TPSA) is 21.1 Å². The van der Waals surface area contributed by atoms with Crippen LogP contribution in [0, 0.1) is 12.8 Å². The van der Waals surface area contributed by atoms with Crippen molar-refractivity contribution in [3.8, 4) is 0 Å². The van der Waals surface area contributed by atoms with Gasteiger partial charge in [0.1, 0.15) is 5.82 Å². The predicted molar refractivity (Wildman–Crippen MR) is 89.1 cm³/mol. The number of piperidine rings is 1.